The lowest BCUT2D eigenvalue weighted by atomic mass is 9.94. The van der Waals surface area contributed by atoms with Crippen molar-refractivity contribution in [1.29, 1.82) is 0 Å². The second kappa shape index (κ2) is 11.8. The third kappa shape index (κ3) is 5.45. The number of halogens is 4. The average Bonchev–Trinajstić information content (AvgIpc) is 3.79. The van der Waals surface area contributed by atoms with E-state index in [0.29, 0.717) is 52.4 Å². The first kappa shape index (κ1) is 33.1. The van der Waals surface area contributed by atoms with Gasteiger partial charge in [-0.05, 0) is 84.0 Å². The summed E-state index contributed by atoms with van der Waals surface area (Å²) in [6, 6.07) is 3.34. The number of rotatable bonds is 6. The number of alkyl halides is 4. The van der Waals surface area contributed by atoms with Crippen LogP contribution in [0.5, 0.6) is 11.9 Å². The Labute approximate surface area is 286 Å². The molecule has 3 saturated heterocycles. The van der Waals surface area contributed by atoms with Crippen LogP contribution in [0.1, 0.15) is 76.7 Å². The number of hydrogen-bond acceptors (Lipinski definition) is 8. The van der Waals surface area contributed by atoms with E-state index in [1.165, 1.54) is 19.3 Å². The average molecular weight is 696 g/mol. The largest absolute Gasteiger partial charge is 0.471 e. The highest BCUT2D eigenvalue weighted by atomic mass is 19.4. The number of aromatic nitrogens is 6. The van der Waals surface area contributed by atoms with Gasteiger partial charge in [-0.3, -0.25) is 9.88 Å². The third-order valence-corrected chi connectivity index (χ3v) is 10.4. The summed E-state index contributed by atoms with van der Waals surface area (Å²) in [6.07, 6.45) is 1.79. The van der Waals surface area contributed by atoms with Crippen molar-refractivity contribution in [2.75, 3.05) is 26.3 Å². The normalized spacial score (nSPS) is 23.4. The van der Waals surface area contributed by atoms with E-state index in [4.69, 9.17) is 24.2 Å². The van der Waals surface area contributed by atoms with Gasteiger partial charge in [0.05, 0.1) is 39.4 Å². The molecule has 7 heterocycles. The molecule has 0 N–H and O–H groups in total. The second-order valence-corrected chi connectivity index (χ2v) is 15.0. The molecule has 0 spiro atoms. The molecule has 0 radical (unpaired) electrons. The number of aryl methyl sites for hydroxylation is 2. The number of ether oxygens (including phenoxy) is 3. The van der Waals surface area contributed by atoms with Gasteiger partial charge in [-0.1, -0.05) is 0 Å². The van der Waals surface area contributed by atoms with E-state index in [-0.39, 0.29) is 41.5 Å². The van der Waals surface area contributed by atoms with Gasteiger partial charge < -0.3 is 18.8 Å². The molecule has 3 fully saturated rings. The van der Waals surface area contributed by atoms with Crippen LogP contribution in [0.4, 0.5) is 17.6 Å². The van der Waals surface area contributed by atoms with Gasteiger partial charge in [-0.25, -0.2) is 9.07 Å². The highest BCUT2D eigenvalue weighted by Crippen LogP contribution is 2.47. The van der Waals surface area contributed by atoms with Crippen molar-refractivity contribution < 1.29 is 31.8 Å². The van der Waals surface area contributed by atoms with E-state index in [9.17, 15) is 4.39 Å². The number of fused-ring (bicyclic) bond motifs is 5. The lowest BCUT2D eigenvalue weighted by molar-refractivity contribution is -0.137. The van der Waals surface area contributed by atoms with Gasteiger partial charge in [0.25, 0.3) is 0 Å². The molecule has 4 aromatic heterocycles. The molecule has 1 aromatic carbocycles. The minimum atomic E-state index is -4.68. The predicted octanol–water partition coefficient (Wildman–Crippen LogP) is 7.69. The Morgan fingerprint density at radius 1 is 1.10 bits per heavy atom. The lowest BCUT2D eigenvalue weighted by Gasteiger charge is -2.30. The van der Waals surface area contributed by atoms with E-state index in [1.807, 2.05) is 20.8 Å². The summed E-state index contributed by atoms with van der Waals surface area (Å²) in [5, 5.41) is 6.00. The summed E-state index contributed by atoms with van der Waals surface area (Å²) in [5.74, 6) is 0.239. The Kier molecular flexibility index (Phi) is 7.79. The van der Waals surface area contributed by atoms with Gasteiger partial charge in [-0.15, -0.1) is 0 Å². The fourth-order valence-electron chi connectivity index (χ4n) is 8.32. The summed E-state index contributed by atoms with van der Waals surface area (Å²) in [6.45, 7) is 9.13. The quantitative estimate of drug-likeness (QED) is 0.167. The van der Waals surface area contributed by atoms with Crippen LogP contribution >= 0.6 is 0 Å². The SMILES string of the molecule is Cc1cc2c(cnn2C2CCCCO2)c(-c2nccc3c4c(OC(C)(C)C)nc(OC[C@@]56CCCN5C[C@H](F)C6)nc4n(C)c23)c1C(F)(F)F. The van der Waals surface area contributed by atoms with Gasteiger partial charge >= 0.3 is 12.2 Å². The van der Waals surface area contributed by atoms with Crippen molar-refractivity contribution in [3.05, 3.63) is 35.7 Å². The molecule has 0 aliphatic carbocycles. The van der Waals surface area contributed by atoms with Crippen molar-refractivity contribution in [3.63, 3.8) is 0 Å². The molecule has 3 aliphatic heterocycles. The molecule has 10 nitrogen and oxygen atoms in total. The zero-order valence-electron chi connectivity index (χ0n) is 28.9. The van der Waals surface area contributed by atoms with Crippen molar-refractivity contribution in [3.8, 4) is 23.1 Å². The van der Waals surface area contributed by atoms with Crippen LogP contribution in [-0.2, 0) is 18.0 Å². The first-order chi connectivity index (χ1) is 23.7. The molecule has 1 unspecified atom stereocenters. The van der Waals surface area contributed by atoms with Crippen LogP contribution < -0.4 is 9.47 Å². The molecule has 0 amide bonds. The molecular formula is C36H41F4N7O3. The second-order valence-electron chi connectivity index (χ2n) is 15.0. The lowest BCUT2D eigenvalue weighted by Crippen LogP contribution is -2.43. The van der Waals surface area contributed by atoms with E-state index in [2.05, 4.69) is 15.0 Å². The fraction of sp³-hybridized carbons (Fsp3) is 0.556. The minimum absolute atomic E-state index is 0.0587. The van der Waals surface area contributed by atoms with E-state index in [0.717, 1.165) is 38.6 Å². The number of hydrogen-bond donors (Lipinski definition) is 0. The van der Waals surface area contributed by atoms with Gasteiger partial charge in [-0.2, -0.15) is 28.2 Å². The van der Waals surface area contributed by atoms with Crippen LogP contribution in [-0.4, -0.2) is 77.8 Å². The first-order valence-corrected chi connectivity index (χ1v) is 17.3. The van der Waals surface area contributed by atoms with Gasteiger partial charge in [0.2, 0.25) is 5.88 Å². The maximum absolute atomic E-state index is 15.0. The molecule has 14 heteroatoms. The number of benzene rings is 1. The zero-order valence-corrected chi connectivity index (χ0v) is 28.9. The maximum atomic E-state index is 15.0. The molecule has 3 aliphatic rings. The number of nitrogens with zero attached hydrogens (tertiary/aromatic N) is 7. The van der Waals surface area contributed by atoms with Crippen molar-refractivity contribution >= 4 is 32.8 Å². The summed E-state index contributed by atoms with van der Waals surface area (Å²) in [4.78, 5) is 16.3. The molecular weight excluding hydrogens is 654 g/mol. The smallest absolute Gasteiger partial charge is 0.417 e. The molecule has 50 heavy (non-hydrogen) atoms. The van der Waals surface area contributed by atoms with Crippen LogP contribution in [0.2, 0.25) is 0 Å². The standard InChI is InChI=1S/C36H41F4N7O3/c1-20-15-24-23(17-42-47(24)25-9-6-7-14-48-25)26(28(20)36(38,39)40)29-30-22(10-12-41-29)27-31(45(30)5)43-33(44-32(27)50-34(2,3)4)49-19-35-11-8-13-46(35)18-21(37)16-35/h10,12,15,17,21,25H,6-9,11,13-14,16,18-19H2,1-5H3/t21-,25?,35+/m1/s1. The fourth-order valence-corrected chi connectivity index (χ4v) is 8.32. The van der Waals surface area contributed by atoms with Gasteiger partial charge in [0.15, 0.2) is 11.9 Å². The van der Waals surface area contributed by atoms with E-state index < -0.39 is 29.1 Å². The van der Waals surface area contributed by atoms with Crippen LogP contribution in [0, 0.1) is 6.92 Å². The van der Waals surface area contributed by atoms with Gasteiger partial charge in [0, 0.05) is 49.2 Å². The van der Waals surface area contributed by atoms with E-state index in [1.54, 1.807) is 28.4 Å². The summed E-state index contributed by atoms with van der Waals surface area (Å²) < 4.78 is 81.7. The highest BCUT2D eigenvalue weighted by Gasteiger charge is 2.49. The summed E-state index contributed by atoms with van der Waals surface area (Å²) in [5.41, 5.74) is -0.336. The van der Waals surface area contributed by atoms with Crippen molar-refractivity contribution in [2.24, 2.45) is 7.05 Å². The van der Waals surface area contributed by atoms with Crippen LogP contribution in [0.3, 0.4) is 0 Å². The predicted molar refractivity (Wildman–Crippen MR) is 180 cm³/mol. The molecule has 5 aromatic rings. The third-order valence-electron chi connectivity index (χ3n) is 10.4. The maximum Gasteiger partial charge on any atom is 0.417 e. The van der Waals surface area contributed by atoms with Gasteiger partial charge in [0.1, 0.15) is 18.4 Å². The van der Waals surface area contributed by atoms with Crippen LogP contribution in [0.25, 0.3) is 44.1 Å². The first-order valence-electron chi connectivity index (χ1n) is 17.3. The Balaban J connectivity index is 1.33. The number of pyridine rings is 1. The summed E-state index contributed by atoms with van der Waals surface area (Å²) >= 11 is 0. The molecule has 8 rings (SSSR count). The van der Waals surface area contributed by atoms with Crippen LogP contribution in [0.15, 0.2) is 24.5 Å². The Morgan fingerprint density at radius 2 is 1.92 bits per heavy atom. The Hall–Kier alpha value is -4.04. The zero-order chi connectivity index (χ0) is 35.2. The molecule has 0 saturated carbocycles. The van der Waals surface area contributed by atoms with Crippen molar-refractivity contribution in [1.82, 2.24) is 34.2 Å². The Bertz CT molecular complexity index is 2110. The monoisotopic (exact) mass is 695 g/mol. The van der Waals surface area contributed by atoms with E-state index >= 15 is 13.2 Å². The molecule has 266 valence electrons. The Morgan fingerprint density at radius 3 is 2.66 bits per heavy atom. The topological polar surface area (TPSA) is 92.3 Å². The molecule has 3 atom stereocenters. The van der Waals surface area contributed by atoms with Crippen molar-refractivity contribution in [2.45, 2.75) is 95.9 Å². The highest BCUT2D eigenvalue weighted by molar-refractivity contribution is 6.15. The molecule has 0 bridgehead atoms. The summed E-state index contributed by atoms with van der Waals surface area (Å²) in [7, 11) is 1.75. The minimum Gasteiger partial charge on any atom is -0.471 e.